The van der Waals surface area contributed by atoms with Crippen LogP contribution in [0.4, 0.5) is 5.69 Å². The van der Waals surface area contributed by atoms with Gasteiger partial charge in [-0.2, -0.15) is 5.26 Å². The summed E-state index contributed by atoms with van der Waals surface area (Å²) in [6.45, 7) is 2.05. The molecule has 0 aliphatic carbocycles. The lowest BCUT2D eigenvalue weighted by Gasteiger charge is -2.18. The Hall–Kier alpha value is -1.79. The predicted octanol–water partition coefficient (Wildman–Crippen LogP) is 4.82. The Morgan fingerprint density at radius 2 is 1.95 bits per heavy atom. The number of nitrogens with zero attached hydrogens (tertiary/aromatic N) is 1. The summed E-state index contributed by atoms with van der Waals surface area (Å²) in [5, 5.41) is 12.4. The Morgan fingerprint density at radius 1 is 1.21 bits per heavy atom. The van der Waals surface area contributed by atoms with Gasteiger partial charge in [-0.1, -0.05) is 46.3 Å². The highest BCUT2D eigenvalue weighted by Crippen LogP contribution is 2.25. The molecule has 19 heavy (non-hydrogen) atoms. The average molecular weight is 315 g/mol. The molecule has 1 unspecified atom stereocenters. The van der Waals surface area contributed by atoms with E-state index in [0.717, 1.165) is 15.7 Å². The van der Waals surface area contributed by atoms with Crippen LogP contribution >= 0.6 is 15.9 Å². The van der Waals surface area contributed by atoms with Gasteiger partial charge in [-0.3, -0.25) is 0 Å². The van der Waals surface area contributed by atoms with E-state index in [4.69, 9.17) is 5.26 Å². The third-order valence-electron chi connectivity index (χ3n) is 2.88. The lowest BCUT2D eigenvalue weighted by atomic mass is 10.0. The fraction of sp³-hybridized carbons (Fsp3) is 0.188. The number of anilines is 1. The molecule has 0 saturated carbocycles. The minimum atomic E-state index is 0.0138. The summed E-state index contributed by atoms with van der Waals surface area (Å²) in [6, 6.07) is 18.5. The van der Waals surface area contributed by atoms with Crippen molar-refractivity contribution >= 4 is 21.6 Å². The summed E-state index contributed by atoms with van der Waals surface area (Å²) in [6.07, 6.45) is 0.440. The van der Waals surface area contributed by atoms with Crippen molar-refractivity contribution in [1.29, 1.82) is 5.26 Å². The van der Waals surface area contributed by atoms with Crippen LogP contribution in [0.5, 0.6) is 0 Å². The van der Waals surface area contributed by atoms with Crippen molar-refractivity contribution in [3.8, 4) is 6.07 Å². The molecule has 0 radical (unpaired) electrons. The maximum absolute atomic E-state index is 8.99. The van der Waals surface area contributed by atoms with E-state index in [1.165, 1.54) is 5.56 Å². The van der Waals surface area contributed by atoms with E-state index in [0.29, 0.717) is 6.42 Å². The monoisotopic (exact) mass is 314 g/mol. The molecule has 0 aliphatic rings. The smallest absolute Gasteiger partial charge is 0.0647 e. The molecule has 2 nitrogen and oxygen atoms in total. The highest BCUT2D eigenvalue weighted by atomic mass is 79.9. The zero-order chi connectivity index (χ0) is 13.7. The van der Waals surface area contributed by atoms with Gasteiger partial charge >= 0.3 is 0 Å². The highest BCUT2D eigenvalue weighted by molar-refractivity contribution is 9.10. The van der Waals surface area contributed by atoms with Crippen LogP contribution in [-0.2, 0) is 0 Å². The molecule has 2 aromatic carbocycles. The Bertz CT molecular complexity index is 567. The van der Waals surface area contributed by atoms with Crippen LogP contribution in [-0.4, -0.2) is 0 Å². The van der Waals surface area contributed by atoms with Crippen LogP contribution in [0.2, 0.25) is 0 Å². The second kappa shape index (κ2) is 6.40. The van der Waals surface area contributed by atoms with E-state index in [-0.39, 0.29) is 6.04 Å². The maximum Gasteiger partial charge on any atom is 0.0647 e. The Balaban J connectivity index is 2.24. The van der Waals surface area contributed by atoms with E-state index in [1.54, 1.807) is 0 Å². The van der Waals surface area contributed by atoms with Crippen molar-refractivity contribution in [3.63, 3.8) is 0 Å². The standard InChI is InChI=1S/C16H15BrN2/c1-12-9-14(17)11-15(10-12)19-16(7-8-18)13-5-3-2-4-6-13/h2-6,9-11,16,19H,7H2,1H3. The number of nitrogens with one attached hydrogen (secondary N) is 1. The second-order valence-corrected chi connectivity index (χ2v) is 5.40. The first-order valence-corrected chi connectivity index (χ1v) is 6.94. The van der Waals surface area contributed by atoms with Gasteiger partial charge in [0.05, 0.1) is 18.5 Å². The minimum Gasteiger partial charge on any atom is -0.377 e. The van der Waals surface area contributed by atoms with Crippen LogP contribution < -0.4 is 5.32 Å². The van der Waals surface area contributed by atoms with Gasteiger partial charge in [0.2, 0.25) is 0 Å². The molecule has 0 amide bonds. The van der Waals surface area contributed by atoms with E-state index < -0.39 is 0 Å². The second-order valence-electron chi connectivity index (χ2n) is 4.49. The SMILES string of the molecule is Cc1cc(Br)cc(NC(CC#N)c2ccccc2)c1. The third kappa shape index (κ3) is 3.84. The van der Waals surface area contributed by atoms with Gasteiger partial charge in [0.15, 0.2) is 0 Å². The Labute approximate surface area is 122 Å². The van der Waals surface area contributed by atoms with Gasteiger partial charge in [-0.15, -0.1) is 0 Å². The summed E-state index contributed by atoms with van der Waals surface area (Å²) < 4.78 is 1.04. The number of aryl methyl sites for hydroxylation is 1. The van der Waals surface area contributed by atoms with Gasteiger partial charge in [-0.05, 0) is 36.2 Å². The molecule has 1 atom stereocenters. The van der Waals surface area contributed by atoms with Gasteiger partial charge < -0.3 is 5.32 Å². The van der Waals surface area contributed by atoms with Gasteiger partial charge in [0.1, 0.15) is 0 Å². The number of rotatable bonds is 4. The van der Waals surface area contributed by atoms with Crippen molar-refractivity contribution in [1.82, 2.24) is 0 Å². The lowest BCUT2D eigenvalue weighted by Crippen LogP contribution is -2.10. The molecule has 0 bridgehead atoms. The quantitative estimate of drug-likeness (QED) is 0.877. The molecule has 2 aromatic rings. The first-order valence-electron chi connectivity index (χ1n) is 6.14. The van der Waals surface area contributed by atoms with Gasteiger partial charge in [0.25, 0.3) is 0 Å². The van der Waals surface area contributed by atoms with Crippen molar-refractivity contribution < 1.29 is 0 Å². The normalized spacial score (nSPS) is 11.6. The largest absolute Gasteiger partial charge is 0.377 e. The third-order valence-corrected chi connectivity index (χ3v) is 3.34. The summed E-state index contributed by atoms with van der Waals surface area (Å²) in [5.74, 6) is 0. The number of halogens is 1. The molecular formula is C16H15BrN2. The number of nitriles is 1. The first-order chi connectivity index (χ1) is 9.19. The van der Waals surface area contributed by atoms with Crippen molar-refractivity contribution in [2.24, 2.45) is 0 Å². The molecule has 0 aromatic heterocycles. The van der Waals surface area contributed by atoms with Crippen LogP contribution in [0.1, 0.15) is 23.6 Å². The molecule has 0 saturated heterocycles. The summed E-state index contributed by atoms with van der Waals surface area (Å²) in [5.41, 5.74) is 3.33. The first kappa shape index (κ1) is 13.6. The molecule has 0 spiro atoms. The van der Waals surface area contributed by atoms with Crippen molar-refractivity contribution in [2.75, 3.05) is 5.32 Å². The van der Waals surface area contributed by atoms with Crippen LogP contribution in [0.3, 0.4) is 0 Å². The minimum absolute atomic E-state index is 0.0138. The van der Waals surface area contributed by atoms with Crippen molar-refractivity contribution in [3.05, 3.63) is 64.1 Å². The average Bonchev–Trinajstić information content (AvgIpc) is 2.38. The summed E-state index contributed by atoms with van der Waals surface area (Å²) >= 11 is 3.49. The van der Waals surface area contributed by atoms with E-state index in [2.05, 4.69) is 46.4 Å². The molecule has 96 valence electrons. The fourth-order valence-electron chi connectivity index (χ4n) is 2.05. The van der Waals surface area contributed by atoms with E-state index in [1.807, 2.05) is 36.4 Å². The van der Waals surface area contributed by atoms with E-state index >= 15 is 0 Å². The summed E-state index contributed by atoms with van der Waals surface area (Å²) in [7, 11) is 0. The number of benzene rings is 2. The topological polar surface area (TPSA) is 35.8 Å². The lowest BCUT2D eigenvalue weighted by molar-refractivity contribution is 0.806. The molecular weight excluding hydrogens is 300 g/mol. The molecule has 0 heterocycles. The molecule has 0 fully saturated rings. The van der Waals surface area contributed by atoms with E-state index in [9.17, 15) is 0 Å². The predicted molar refractivity (Wildman–Crippen MR) is 81.9 cm³/mol. The Kier molecular flexibility index (Phi) is 4.59. The molecule has 2 rings (SSSR count). The Morgan fingerprint density at radius 3 is 2.58 bits per heavy atom. The molecule has 1 N–H and O–H groups in total. The van der Waals surface area contributed by atoms with Crippen LogP contribution in [0.15, 0.2) is 53.0 Å². The summed E-state index contributed by atoms with van der Waals surface area (Å²) in [4.78, 5) is 0. The van der Waals surface area contributed by atoms with Gasteiger partial charge in [0, 0.05) is 10.2 Å². The zero-order valence-corrected chi connectivity index (χ0v) is 12.3. The number of hydrogen-bond acceptors (Lipinski definition) is 2. The van der Waals surface area contributed by atoms with Crippen molar-refractivity contribution in [2.45, 2.75) is 19.4 Å². The molecule has 0 aliphatic heterocycles. The maximum atomic E-state index is 8.99. The number of hydrogen-bond donors (Lipinski definition) is 1. The van der Waals surface area contributed by atoms with Gasteiger partial charge in [-0.25, -0.2) is 0 Å². The fourth-order valence-corrected chi connectivity index (χ4v) is 2.66. The van der Waals surface area contributed by atoms with Crippen LogP contribution in [0.25, 0.3) is 0 Å². The highest BCUT2D eigenvalue weighted by Gasteiger charge is 2.11. The van der Waals surface area contributed by atoms with Crippen LogP contribution in [0, 0.1) is 18.3 Å². The zero-order valence-electron chi connectivity index (χ0n) is 10.7. The molecule has 3 heteroatoms.